The Morgan fingerprint density at radius 1 is 1.13 bits per heavy atom. The Hall–Kier alpha value is -2.36. The van der Waals surface area contributed by atoms with Crippen molar-refractivity contribution in [3.8, 4) is 0 Å². The Balaban J connectivity index is 1.75. The van der Waals surface area contributed by atoms with Crippen molar-refractivity contribution in [2.45, 2.75) is 49.3 Å². The van der Waals surface area contributed by atoms with Gasteiger partial charge in [0.05, 0.1) is 45.3 Å². The molecule has 1 N–H and O–H groups in total. The van der Waals surface area contributed by atoms with Gasteiger partial charge in [0.15, 0.2) is 5.72 Å². The summed E-state index contributed by atoms with van der Waals surface area (Å²) < 4.78 is 34.8. The van der Waals surface area contributed by atoms with Crippen LogP contribution < -0.4 is 0 Å². The summed E-state index contributed by atoms with van der Waals surface area (Å²) in [5.74, 6) is -1.18. The van der Waals surface area contributed by atoms with Crippen LogP contribution in [0.4, 0.5) is 4.39 Å². The first-order valence-corrected chi connectivity index (χ1v) is 14.4. The fourth-order valence-corrected chi connectivity index (χ4v) is 5.98. The smallest absolute Gasteiger partial charge is 0.257 e. The van der Waals surface area contributed by atoms with Gasteiger partial charge in [-0.05, 0) is 68.7 Å². The van der Waals surface area contributed by atoms with E-state index in [1.54, 1.807) is 42.7 Å². The molecule has 2 aliphatic rings. The molecule has 38 heavy (non-hydrogen) atoms. The second-order valence-electron chi connectivity index (χ2n) is 10.4. The Bertz CT molecular complexity index is 1420. The van der Waals surface area contributed by atoms with E-state index < -0.39 is 38.6 Å². The maximum atomic E-state index is 16.2. The van der Waals surface area contributed by atoms with Crippen LogP contribution in [0, 0.1) is 5.82 Å². The molecule has 0 bridgehead atoms. The summed E-state index contributed by atoms with van der Waals surface area (Å²) in [5.41, 5.74) is -1.72. The second-order valence-corrected chi connectivity index (χ2v) is 13.0. The highest BCUT2D eigenvalue weighted by Gasteiger charge is 2.57. The van der Waals surface area contributed by atoms with Crippen LogP contribution in [0.2, 0.25) is 10.0 Å². The first-order chi connectivity index (χ1) is 17.9. The highest BCUT2D eigenvalue weighted by molar-refractivity contribution is 7.86. The number of carbonyl (C=O) groups excluding carboxylic acids is 1. The molecule has 0 saturated heterocycles. The first kappa shape index (κ1) is 27.2. The SMILES string of the molecule is CS(=O)C1(COC2(c3ccc(Cl)cc3)c3c(F)cc(C(C)(C)O)cc3C(=O)N2Cc2ccc(Cl)cn2)CC1. The van der Waals surface area contributed by atoms with E-state index >= 15 is 4.39 Å². The van der Waals surface area contributed by atoms with Crippen LogP contribution in [0.1, 0.15) is 59.4 Å². The molecular formula is C28H27Cl2FN2O4S. The summed E-state index contributed by atoms with van der Waals surface area (Å²) in [6, 6.07) is 12.8. The summed E-state index contributed by atoms with van der Waals surface area (Å²) in [4.78, 5) is 19.9. The van der Waals surface area contributed by atoms with Gasteiger partial charge in [0.1, 0.15) is 5.82 Å². The number of halogens is 3. The molecule has 1 aliphatic heterocycles. The van der Waals surface area contributed by atoms with Gasteiger partial charge in [0.2, 0.25) is 0 Å². The van der Waals surface area contributed by atoms with Gasteiger partial charge in [0, 0.05) is 33.8 Å². The monoisotopic (exact) mass is 576 g/mol. The minimum atomic E-state index is -1.70. The number of nitrogens with zero attached hydrogens (tertiary/aromatic N) is 2. The highest BCUT2D eigenvalue weighted by atomic mass is 35.5. The van der Waals surface area contributed by atoms with Crippen molar-refractivity contribution in [3.63, 3.8) is 0 Å². The van der Waals surface area contributed by atoms with Crippen molar-refractivity contribution in [2.24, 2.45) is 0 Å². The van der Waals surface area contributed by atoms with E-state index in [1.165, 1.54) is 37.1 Å². The number of amides is 1. The largest absolute Gasteiger partial charge is 0.386 e. The zero-order chi connectivity index (χ0) is 27.5. The molecule has 0 radical (unpaired) electrons. The molecule has 5 rings (SSSR count). The number of hydrogen-bond acceptors (Lipinski definition) is 5. The quantitative estimate of drug-likeness (QED) is 0.381. The van der Waals surface area contributed by atoms with Crippen molar-refractivity contribution in [2.75, 3.05) is 12.9 Å². The van der Waals surface area contributed by atoms with Crippen LogP contribution in [0.5, 0.6) is 0 Å². The van der Waals surface area contributed by atoms with Crippen LogP contribution in [-0.4, -0.2) is 42.7 Å². The molecule has 1 fully saturated rings. The van der Waals surface area contributed by atoms with Crippen molar-refractivity contribution < 1.29 is 23.2 Å². The van der Waals surface area contributed by atoms with Crippen LogP contribution in [0.3, 0.4) is 0 Å². The number of rotatable bonds is 8. The third kappa shape index (κ3) is 4.67. The zero-order valence-corrected chi connectivity index (χ0v) is 23.5. The third-order valence-electron chi connectivity index (χ3n) is 7.30. The summed E-state index contributed by atoms with van der Waals surface area (Å²) in [5, 5.41) is 11.5. The molecule has 1 aliphatic carbocycles. The summed E-state index contributed by atoms with van der Waals surface area (Å²) in [6.07, 6.45) is 4.51. The average molecular weight is 578 g/mol. The van der Waals surface area contributed by atoms with E-state index in [-0.39, 0.29) is 29.8 Å². The maximum absolute atomic E-state index is 16.2. The van der Waals surface area contributed by atoms with Gasteiger partial charge in [-0.3, -0.25) is 18.9 Å². The number of carbonyl (C=O) groups is 1. The number of pyridine rings is 1. The molecule has 2 aromatic carbocycles. The number of fused-ring (bicyclic) bond motifs is 1. The molecule has 200 valence electrons. The van der Waals surface area contributed by atoms with E-state index in [4.69, 9.17) is 27.9 Å². The molecule has 6 nitrogen and oxygen atoms in total. The highest BCUT2D eigenvalue weighted by Crippen LogP contribution is 2.51. The lowest BCUT2D eigenvalue weighted by atomic mass is 9.88. The van der Waals surface area contributed by atoms with E-state index in [1.807, 2.05) is 0 Å². The first-order valence-electron chi connectivity index (χ1n) is 12.1. The van der Waals surface area contributed by atoms with Gasteiger partial charge in [-0.25, -0.2) is 4.39 Å². The molecule has 10 heteroatoms. The van der Waals surface area contributed by atoms with E-state index in [2.05, 4.69) is 4.98 Å². The normalized spacial score (nSPS) is 20.9. The number of hydrogen-bond donors (Lipinski definition) is 1. The second kappa shape index (κ2) is 9.68. The zero-order valence-electron chi connectivity index (χ0n) is 21.1. The van der Waals surface area contributed by atoms with E-state index in [0.29, 0.717) is 34.1 Å². The van der Waals surface area contributed by atoms with E-state index in [9.17, 15) is 14.1 Å². The van der Waals surface area contributed by atoms with Crippen molar-refractivity contribution in [1.29, 1.82) is 0 Å². The molecule has 3 aromatic rings. The molecule has 2 atom stereocenters. The van der Waals surface area contributed by atoms with Crippen LogP contribution in [-0.2, 0) is 33.4 Å². The Kier molecular flexibility index (Phi) is 6.93. The Morgan fingerprint density at radius 3 is 2.34 bits per heavy atom. The van der Waals surface area contributed by atoms with Gasteiger partial charge < -0.3 is 9.84 Å². The molecule has 2 unspecified atom stereocenters. The molecule has 0 spiro atoms. The Labute approximate surface area is 233 Å². The lowest BCUT2D eigenvalue weighted by molar-refractivity contribution is -0.114. The van der Waals surface area contributed by atoms with Crippen LogP contribution in [0.25, 0.3) is 0 Å². The lowest BCUT2D eigenvalue weighted by Gasteiger charge is -2.40. The predicted octanol–water partition coefficient (Wildman–Crippen LogP) is 5.54. The molecule has 1 aromatic heterocycles. The average Bonchev–Trinajstić information content (AvgIpc) is 3.62. The van der Waals surface area contributed by atoms with Gasteiger partial charge in [-0.2, -0.15) is 0 Å². The Morgan fingerprint density at radius 2 is 1.79 bits per heavy atom. The fraction of sp³-hybridized carbons (Fsp3) is 0.357. The minimum absolute atomic E-state index is 0.0210. The third-order valence-corrected chi connectivity index (χ3v) is 9.52. The van der Waals surface area contributed by atoms with Crippen molar-refractivity contribution >= 4 is 39.9 Å². The number of aromatic nitrogens is 1. The fourth-order valence-electron chi connectivity index (χ4n) is 4.84. The van der Waals surface area contributed by atoms with Gasteiger partial charge in [0.25, 0.3) is 5.91 Å². The summed E-state index contributed by atoms with van der Waals surface area (Å²) in [6.45, 7) is 3.08. The molecule has 1 amide bonds. The lowest BCUT2D eigenvalue weighted by Crippen LogP contribution is -2.48. The van der Waals surface area contributed by atoms with Crippen molar-refractivity contribution in [1.82, 2.24) is 9.88 Å². The number of aliphatic hydroxyl groups is 1. The van der Waals surface area contributed by atoms with Crippen molar-refractivity contribution in [3.05, 3.63) is 98.5 Å². The molecule has 1 saturated carbocycles. The topological polar surface area (TPSA) is 79.7 Å². The summed E-state index contributed by atoms with van der Waals surface area (Å²) in [7, 11) is -1.19. The number of ether oxygens (including phenoxy) is 1. The van der Waals surface area contributed by atoms with Gasteiger partial charge in [-0.15, -0.1) is 0 Å². The van der Waals surface area contributed by atoms with E-state index in [0.717, 1.165) is 0 Å². The standard InChI is InChI=1S/C28H27Cl2FN2O4S/c1-26(2,35)18-12-22-24(23(31)13-18)28(17-4-6-19(29)7-5-17,37-16-27(10-11-27)38(3)36)33(25(22)34)15-21-9-8-20(30)14-32-21/h4-9,12-14,35H,10-11,15-16H2,1-3H3. The molecular weight excluding hydrogens is 550 g/mol. The maximum Gasteiger partial charge on any atom is 0.257 e. The number of benzene rings is 2. The van der Waals surface area contributed by atoms with Gasteiger partial charge in [-0.1, -0.05) is 35.3 Å². The van der Waals surface area contributed by atoms with Gasteiger partial charge >= 0.3 is 0 Å². The van der Waals surface area contributed by atoms with Crippen LogP contribution >= 0.6 is 23.2 Å². The van der Waals surface area contributed by atoms with Crippen LogP contribution in [0.15, 0.2) is 54.7 Å². The predicted molar refractivity (Wildman–Crippen MR) is 145 cm³/mol. The minimum Gasteiger partial charge on any atom is -0.386 e. The molecule has 2 heterocycles. The summed E-state index contributed by atoms with van der Waals surface area (Å²) >= 11 is 12.2.